The molecule has 1 saturated carbocycles. The van der Waals surface area contributed by atoms with Gasteiger partial charge < -0.3 is 10.6 Å². The number of anilines is 1. The van der Waals surface area contributed by atoms with Crippen molar-refractivity contribution < 1.29 is 9.63 Å². The Hall–Kier alpha value is -1.43. The first-order chi connectivity index (χ1) is 6.79. The van der Waals surface area contributed by atoms with Crippen molar-refractivity contribution in [2.24, 2.45) is 5.16 Å². The van der Waals surface area contributed by atoms with Crippen LogP contribution in [0.5, 0.6) is 0 Å². The predicted molar refractivity (Wildman–Crippen MR) is 52.9 cm³/mol. The number of hydrogen-bond donors (Lipinski definition) is 1. The standard InChI is InChI=1S/C8H8N3O2S/c9-8-10-7(4-14-8)6(3-12)11-13-5-1-2-5/h4-5H,1-2H2,(H2,9,10)/b11-6-. The zero-order valence-electron chi connectivity index (χ0n) is 7.27. The maximum absolute atomic E-state index is 10.5. The molecule has 0 aromatic carbocycles. The van der Waals surface area contributed by atoms with Gasteiger partial charge in [0.2, 0.25) is 0 Å². The molecule has 0 unspecified atom stereocenters. The van der Waals surface area contributed by atoms with Crippen LogP contribution in [0.25, 0.3) is 0 Å². The zero-order chi connectivity index (χ0) is 9.97. The average Bonchev–Trinajstić information content (AvgIpc) is 2.90. The molecule has 1 heterocycles. The summed E-state index contributed by atoms with van der Waals surface area (Å²) in [5.41, 5.74) is 5.91. The number of nitrogens with two attached hydrogens (primary N) is 1. The SMILES string of the molecule is Nc1nc(/C([C]=O)=N\OC2CC2)cs1. The van der Waals surface area contributed by atoms with Gasteiger partial charge in [0.1, 0.15) is 11.8 Å². The summed E-state index contributed by atoms with van der Waals surface area (Å²) in [5.74, 6) is 0. The highest BCUT2D eigenvalue weighted by Gasteiger charge is 2.24. The van der Waals surface area contributed by atoms with Crippen LogP contribution in [0.15, 0.2) is 10.5 Å². The van der Waals surface area contributed by atoms with E-state index in [0.29, 0.717) is 10.8 Å². The van der Waals surface area contributed by atoms with Crippen molar-refractivity contribution in [3.8, 4) is 0 Å². The minimum absolute atomic E-state index is 0.0739. The summed E-state index contributed by atoms with van der Waals surface area (Å²) in [7, 11) is 0. The molecule has 0 bridgehead atoms. The van der Waals surface area contributed by atoms with Crippen molar-refractivity contribution in [1.29, 1.82) is 0 Å². The van der Waals surface area contributed by atoms with Gasteiger partial charge in [0.05, 0.1) is 0 Å². The minimum Gasteiger partial charge on any atom is -0.392 e. The third-order valence-electron chi connectivity index (χ3n) is 1.68. The van der Waals surface area contributed by atoms with E-state index in [0.717, 1.165) is 12.8 Å². The van der Waals surface area contributed by atoms with E-state index in [-0.39, 0.29) is 11.8 Å². The van der Waals surface area contributed by atoms with Gasteiger partial charge in [0, 0.05) is 5.38 Å². The molecular weight excluding hydrogens is 202 g/mol. The maximum atomic E-state index is 10.5. The molecule has 0 aliphatic heterocycles. The summed E-state index contributed by atoms with van der Waals surface area (Å²) in [4.78, 5) is 19.5. The van der Waals surface area contributed by atoms with Crippen LogP contribution in [0.1, 0.15) is 18.5 Å². The fraction of sp³-hybridized carbons (Fsp3) is 0.375. The molecular formula is C8H8N3O2S. The van der Waals surface area contributed by atoms with Crippen molar-refractivity contribution in [1.82, 2.24) is 4.98 Å². The lowest BCUT2D eigenvalue weighted by atomic mass is 10.3. The second-order valence-corrected chi connectivity index (χ2v) is 3.81. The first-order valence-corrected chi connectivity index (χ1v) is 5.01. The number of oxime groups is 1. The molecule has 0 saturated heterocycles. The number of carbonyl (C=O) groups excluding carboxylic acids is 1. The topological polar surface area (TPSA) is 77.6 Å². The molecule has 1 aromatic heterocycles. The fourth-order valence-electron chi connectivity index (χ4n) is 0.815. The monoisotopic (exact) mass is 210 g/mol. The number of hydrogen-bond acceptors (Lipinski definition) is 6. The molecule has 1 radical (unpaired) electrons. The van der Waals surface area contributed by atoms with Gasteiger partial charge in [-0.25, -0.2) is 4.98 Å². The quantitative estimate of drug-likeness (QED) is 0.586. The number of nitrogen functional groups attached to an aromatic ring is 1. The van der Waals surface area contributed by atoms with E-state index >= 15 is 0 Å². The van der Waals surface area contributed by atoms with Crippen molar-refractivity contribution in [2.75, 3.05) is 5.73 Å². The molecule has 2 rings (SSSR count). The summed E-state index contributed by atoms with van der Waals surface area (Å²) < 4.78 is 0. The first-order valence-electron chi connectivity index (χ1n) is 4.13. The third-order valence-corrected chi connectivity index (χ3v) is 2.35. The second kappa shape index (κ2) is 3.75. The highest BCUT2D eigenvalue weighted by atomic mass is 32.1. The van der Waals surface area contributed by atoms with Crippen LogP contribution in [0, 0.1) is 0 Å². The Morgan fingerprint density at radius 1 is 1.79 bits per heavy atom. The van der Waals surface area contributed by atoms with Crippen molar-refractivity contribution in [3.63, 3.8) is 0 Å². The van der Waals surface area contributed by atoms with Gasteiger partial charge in [-0.1, -0.05) is 5.16 Å². The lowest BCUT2D eigenvalue weighted by Gasteiger charge is -1.94. The van der Waals surface area contributed by atoms with Crippen LogP contribution >= 0.6 is 11.3 Å². The third kappa shape index (κ3) is 2.08. The van der Waals surface area contributed by atoms with E-state index in [9.17, 15) is 4.79 Å². The Bertz CT molecular complexity index is 370. The Balaban J connectivity index is 2.10. The van der Waals surface area contributed by atoms with Crippen molar-refractivity contribution in [2.45, 2.75) is 18.9 Å². The number of nitrogens with zero attached hydrogens (tertiary/aromatic N) is 2. The molecule has 1 aromatic rings. The minimum atomic E-state index is 0.0739. The molecule has 0 atom stereocenters. The Kier molecular flexibility index (Phi) is 2.45. The van der Waals surface area contributed by atoms with E-state index in [1.807, 2.05) is 0 Å². The molecule has 6 heteroatoms. The summed E-state index contributed by atoms with van der Waals surface area (Å²) >= 11 is 1.25. The highest BCUT2D eigenvalue weighted by Crippen LogP contribution is 2.23. The predicted octanol–water partition coefficient (Wildman–Crippen LogP) is 0.718. The summed E-state index contributed by atoms with van der Waals surface area (Å²) in [5, 5.41) is 5.72. The Morgan fingerprint density at radius 3 is 3.07 bits per heavy atom. The Labute approximate surface area is 84.6 Å². The molecule has 1 aliphatic rings. The van der Waals surface area contributed by atoms with E-state index in [1.54, 1.807) is 11.7 Å². The number of thiazole rings is 1. The largest absolute Gasteiger partial charge is 0.392 e. The molecule has 2 N–H and O–H groups in total. The molecule has 0 spiro atoms. The number of aromatic nitrogens is 1. The van der Waals surface area contributed by atoms with Crippen LogP contribution in [0.2, 0.25) is 0 Å². The van der Waals surface area contributed by atoms with Gasteiger partial charge in [0.15, 0.2) is 10.8 Å². The van der Waals surface area contributed by atoms with Crippen molar-refractivity contribution in [3.05, 3.63) is 11.1 Å². The smallest absolute Gasteiger partial charge is 0.259 e. The van der Waals surface area contributed by atoms with Gasteiger partial charge in [-0.15, -0.1) is 11.3 Å². The lowest BCUT2D eigenvalue weighted by Crippen LogP contribution is -2.04. The molecule has 1 fully saturated rings. The van der Waals surface area contributed by atoms with Crippen LogP contribution in [0.3, 0.4) is 0 Å². The molecule has 14 heavy (non-hydrogen) atoms. The van der Waals surface area contributed by atoms with Crippen LogP contribution in [-0.4, -0.2) is 23.1 Å². The summed E-state index contributed by atoms with van der Waals surface area (Å²) in [6, 6.07) is 0. The summed E-state index contributed by atoms with van der Waals surface area (Å²) in [6.07, 6.45) is 3.83. The van der Waals surface area contributed by atoms with Gasteiger partial charge in [0.25, 0.3) is 6.29 Å². The van der Waals surface area contributed by atoms with Gasteiger partial charge in [-0.05, 0) is 12.8 Å². The average molecular weight is 210 g/mol. The van der Waals surface area contributed by atoms with Crippen LogP contribution in [0.4, 0.5) is 5.13 Å². The van der Waals surface area contributed by atoms with Gasteiger partial charge in [-0.2, -0.15) is 0 Å². The molecule has 73 valence electrons. The molecule has 0 amide bonds. The summed E-state index contributed by atoms with van der Waals surface area (Å²) in [6.45, 7) is 0. The van der Waals surface area contributed by atoms with Gasteiger partial charge in [-0.3, -0.25) is 4.79 Å². The van der Waals surface area contributed by atoms with Crippen LogP contribution in [-0.2, 0) is 9.63 Å². The zero-order valence-corrected chi connectivity index (χ0v) is 8.08. The highest BCUT2D eigenvalue weighted by molar-refractivity contribution is 7.13. The van der Waals surface area contributed by atoms with E-state index in [4.69, 9.17) is 10.6 Å². The van der Waals surface area contributed by atoms with E-state index < -0.39 is 0 Å². The Morgan fingerprint density at radius 2 is 2.57 bits per heavy atom. The van der Waals surface area contributed by atoms with Crippen LogP contribution < -0.4 is 5.73 Å². The fourth-order valence-corrected chi connectivity index (χ4v) is 1.36. The lowest BCUT2D eigenvalue weighted by molar-refractivity contribution is 0.130. The second-order valence-electron chi connectivity index (χ2n) is 2.92. The molecule has 1 aliphatic carbocycles. The van der Waals surface area contributed by atoms with Gasteiger partial charge >= 0.3 is 0 Å². The maximum Gasteiger partial charge on any atom is 0.259 e. The van der Waals surface area contributed by atoms with E-state index in [1.165, 1.54) is 11.3 Å². The first kappa shape index (κ1) is 9.14. The van der Waals surface area contributed by atoms with Crippen molar-refractivity contribution >= 4 is 28.5 Å². The molecule has 5 nitrogen and oxygen atoms in total. The number of rotatable bonds is 4. The van der Waals surface area contributed by atoms with E-state index in [2.05, 4.69) is 10.1 Å². The normalized spacial score (nSPS) is 16.7.